The summed E-state index contributed by atoms with van der Waals surface area (Å²) >= 11 is 6.13. The van der Waals surface area contributed by atoms with Gasteiger partial charge in [0.15, 0.2) is 0 Å². The average molecular weight is 359 g/mol. The second-order valence-electron chi connectivity index (χ2n) is 6.33. The van der Waals surface area contributed by atoms with Gasteiger partial charge >= 0.3 is 0 Å². The molecule has 4 nitrogen and oxygen atoms in total. The van der Waals surface area contributed by atoms with Crippen molar-refractivity contribution in [3.63, 3.8) is 0 Å². The Bertz CT molecular complexity index is 1230. The molecule has 0 fully saturated rings. The molecule has 0 spiro atoms. The lowest BCUT2D eigenvalue weighted by Gasteiger charge is -1.88. The van der Waals surface area contributed by atoms with Gasteiger partial charge in [0, 0.05) is 27.9 Å². The summed E-state index contributed by atoms with van der Waals surface area (Å²) in [5.41, 5.74) is 8.66. The van der Waals surface area contributed by atoms with Crippen LogP contribution in [0, 0.1) is 0 Å². The van der Waals surface area contributed by atoms with E-state index in [0.29, 0.717) is 5.88 Å². The van der Waals surface area contributed by atoms with E-state index < -0.39 is 0 Å². The largest absolute Gasteiger partial charge is 0.355 e. The van der Waals surface area contributed by atoms with E-state index in [-0.39, 0.29) is 0 Å². The predicted octanol–water partition coefficient (Wildman–Crippen LogP) is 5.39. The SMILES string of the molecule is ClCc1cc2cc3ccc(cc4nc(cc5nc(cc1[nH]2)C=C5)C=C4)[nH]3. The van der Waals surface area contributed by atoms with Crippen molar-refractivity contribution in [2.75, 3.05) is 0 Å². The van der Waals surface area contributed by atoms with Crippen LogP contribution < -0.4 is 0 Å². The number of hydrogen-bond donors (Lipinski definition) is 2. The van der Waals surface area contributed by atoms with Crippen LogP contribution >= 0.6 is 11.6 Å². The molecule has 0 amide bonds. The summed E-state index contributed by atoms with van der Waals surface area (Å²) in [6.07, 6.45) is 8.00. The molecule has 0 unspecified atom stereocenters. The third kappa shape index (κ3) is 2.85. The van der Waals surface area contributed by atoms with Gasteiger partial charge < -0.3 is 9.97 Å². The van der Waals surface area contributed by atoms with Crippen LogP contribution in [0.1, 0.15) is 28.3 Å². The van der Waals surface area contributed by atoms with Gasteiger partial charge in [-0.15, -0.1) is 11.6 Å². The second-order valence-corrected chi connectivity index (χ2v) is 6.60. The maximum Gasteiger partial charge on any atom is 0.0659 e. The summed E-state index contributed by atoms with van der Waals surface area (Å²) in [6.45, 7) is 0. The molecule has 5 heterocycles. The Morgan fingerprint density at radius 3 is 1.96 bits per heavy atom. The minimum absolute atomic E-state index is 0.444. The average Bonchev–Trinajstić information content (AvgIpc) is 3.39. The number of H-pyrrole nitrogens is 2. The van der Waals surface area contributed by atoms with Crippen molar-refractivity contribution in [1.82, 2.24) is 19.9 Å². The summed E-state index contributed by atoms with van der Waals surface area (Å²) in [4.78, 5) is 16.1. The van der Waals surface area contributed by atoms with Gasteiger partial charge in [0.05, 0.1) is 22.8 Å². The number of nitrogens with one attached hydrogen (secondary N) is 2. The van der Waals surface area contributed by atoms with E-state index in [2.05, 4.69) is 38.1 Å². The molecule has 8 bridgehead atoms. The Kier molecular flexibility index (Phi) is 3.50. The van der Waals surface area contributed by atoms with Gasteiger partial charge in [-0.1, -0.05) is 0 Å². The number of fused-ring (bicyclic) bond motifs is 8. The fraction of sp³-hybridized carbons (Fsp3) is 0.0476. The standard InChI is InChI=1S/C21H15ClN4/c22-12-13-7-20-10-18-4-3-16(24-18)8-14-1-2-15(23-14)9-17-5-6-19(25-17)11-21(13)26-20/h1-11,24,26H,12H2. The van der Waals surface area contributed by atoms with Crippen molar-refractivity contribution >= 4 is 58.0 Å². The van der Waals surface area contributed by atoms with Crippen LogP contribution in [0.3, 0.4) is 0 Å². The zero-order chi connectivity index (χ0) is 17.5. The van der Waals surface area contributed by atoms with Gasteiger partial charge in [-0.05, 0) is 72.3 Å². The highest BCUT2D eigenvalue weighted by Gasteiger charge is 2.04. The van der Waals surface area contributed by atoms with Crippen molar-refractivity contribution in [3.05, 3.63) is 70.8 Å². The van der Waals surface area contributed by atoms with Gasteiger partial charge in [-0.3, -0.25) is 0 Å². The zero-order valence-corrected chi connectivity index (χ0v) is 14.6. The molecule has 26 heavy (non-hydrogen) atoms. The van der Waals surface area contributed by atoms with Gasteiger partial charge in [0.25, 0.3) is 0 Å². The van der Waals surface area contributed by atoms with Crippen LogP contribution in [0.25, 0.3) is 46.4 Å². The summed E-state index contributed by atoms with van der Waals surface area (Å²) in [6, 6.07) is 14.3. The third-order valence-corrected chi connectivity index (χ3v) is 4.69. The quantitative estimate of drug-likeness (QED) is 0.394. The number of aromatic nitrogens is 4. The highest BCUT2D eigenvalue weighted by atomic mass is 35.5. The highest BCUT2D eigenvalue weighted by Crippen LogP contribution is 2.20. The zero-order valence-electron chi connectivity index (χ0n) is 13.8. The lowest BCUT2D eigenvalue weighted by molar-refractivity contribution is 1.27. The van der Waals surface area contributed by atoms with Gasteiger partial charge in [-0.2, -0.15) is 0 Å². The van der Waals surface area contributed by atoms with E-state index in [9.17, 15) is 0 Å². The lowest BCUT2D eigenvalue weighted by atomic mass is 10.2. The van der Waals surface area contributed by atoms with Crippen LogP contribution in [-0.2, 0) is 5.88 Å². The lowest BCUT2D eigenvalue weighted by Crippen LogP contribution is -1.78. The normalized spacial score (nSPS) is 12.7. The van der Waals surface area contributed by atoms with Gasteiger partial charge in [0.1, 0.15) is 0 Å². The van der Waals surface area contributed by atoms with E-state index >= 15 is 0 Å². The van der Waals surface area contributed by atoms with Crippen molar-refractivity contribution in [1.29, 1.82) is 0 Å². The Labute approximate surface area is 154 Å². The van der Waals surface area contributed by atoms with Gasteiger partial charge in [-0.25, -0.2) is 9.97 Å². The number of hydrogen-bond acceptors (Lipinski definition) is 2. The monoisotopic (exact) mass is 358 g/mol. The highest BCUT2D eigenvalue weighted by molar-refractivity contribution is 6.17. The number of aromatic amines is 2. The maximum absolute atomic E-state index is 6.13. The van der Waals surface area contributed by atoms with Crippen LogP contribution in [0.4, 0.5) is 0 Å². The van der Waals surface area contributed by atoms with E-state index in [1.54, 1.807) is 0 Å². The van der Waals surface area contributed by atoms with Crippen LogP contribution in [0.2, 0.25) is 0 Å². The van der Waals surface area contributed by atoms with E-state index in [1.807, 2.05) is 48.6 Å². The number of alkyl halides is 1. The number of rotatable bonds is 1. The number of nitrogens with zero attached hydrogens (tertiary/aromatic N) is 2. The molecule has 5 heteroatoms. The molecule has 3 aromatic rings. The van der Waals surface area contributed by atoms with Crippen LogP contribution in [0.5, 0.6) is 0 Å². The Morgan fingerprint density at radius 2 is 1.27 bits per heavy atom. The minimum Gasteiger partial charge on any atom is -0.355 e. The maximum atomic E-state index is 6.13. The summed E-state index contributed by atoms with van der Waals surface area (Å²) in [5, 5.41) is 0. The first kappa shape index (κ1) is 15.2. The van der Waals surface area contributed by atoms with E-state index in [0.717, 1.165) is 50.4 Å². The molecule has 0 radical (unpaired) electrons. The molecule has 0 atom stereocenters. The molecule has 126 valence electrons. The molecule has 0 saturated heterocycles. The molecular formula is C21H15ClN4. The third-order valence-electron chi connectivity index (χ3n) is 4.40. The molecule has 2 N–H and O–H groups in total. The first-order valence-electron chi connectivity index (χ1n) is 8.38. The molecule has 0 aliphatic carbocycles. The Morgan fingerprint density at radius 1 is 0.654 bits per heavy atom. The second kappa shape index (κ2) is 6.00. The molecule has 2 aliphatic rings. The van der Waals surface area contributed by atoms with Crippen molar-refractivity contribution < 1.29 is 0 Å². The summed E-state index contributed by atoms with van der Waals surface area (Å²) in [7, 11) is 0. The first-order valence-corrected chi connectivity index (χ1v) is 8.92. The topological polar surface area (TPSA) is 57.4 Å². The fourth-order valence-electron chi connectivity index (χ4n) is 3.19. The van der Waals surface area contributed by atoms with E-state index in [4.69, 9.17) is 11.6 Å². The molecule has 0 saturated carbocycles. The summed E-state index contributed by atoms with van der Waals surface area (Å²) < 4.78 is 0. The molecule has 3 aromatic heterocycles. The van der Waals surface area contributed by atoms with Crippen molar-refractivity contribution in [3.8, 4) is 0 Å². The van der Waals surface area contributed by atoms with Gasteiger partial charge in [0.2, 0.25) is 0 Å². The molecular weight excluding hydrogens is 344 g/mol. The Balaban J connectivity index is 1.86. The van der Waals surface area contributed by atoms with E-state index in [1.165, 1.54) is 0 Å². The summed E-state index contributed by atoms with van der Waals surface area (Å²) in [5.74, 6) is 0.444. The number of halogens is 1. The minimum atomic E-state index is 0.444. The van der Waals surface area contributed by atoms with Crippen molar-refractivity contribution in [2.24, 2.45) is 0 Å². The predicted molar refractivity (Wildman–Crippen MR) is 108 cm³/mol. The Hall–Kier alpha value is -3.11. The molecule has 2 aliphatic heterocycles. The molecule has 0 aromatic carbocycles. The van der Waals surface area contributed by atoms with Crippen LogP contribution in [-0.4, -0.2) is 19.9 Å². The molecule has 5 rings (SSSR count). The van der Waals surface area contributed by atoms with Crippen LogP contribution in [0.15, 0.2) is 42.5 Å². The van der Waals surface area contributed by atoms with Crippen molar-refractivity contribution in [2.45, 2.75) is 5.88 Å². The fourth-order valence-corrected chi connectivity index (χ4v) is 3.41. The first-order chi connectivity index (χ1) is 12.7. The smallest absolute Gasteiger partial charge is 0.0659 e.